The van der Waals surface area contributed by atoms with E-state index in [0.29, 0.717) is 6.04 Å². The second-order valence-electron chi connectivity index (χ2n) is 5.66. The molecule has 0 amide bonds. The van der Waals surface area contributed by atoms with Gasteiger partial charge in [0.05, 0.1) is 0 Å². The predicted molar refractivity (Wildman–Crippen MR) is 84.6 cm³/mol. The molecule has 1 aliphatic carbocycles. The molecule has 106 valence electrons. The van der Waals surface area contributed by atoms with Crippen LogP contribution < -0.4 is 5.32 Å². The third-order valence-corrected chi connectivity index (χ3v) is 4.16. The van der Waals surface area contributed by atoms with Gasteiger partial charge in [-0.3, -0.25) is 0 Å². The lowest BCUT2D eigenvalue weighted by atomic mass is 10.1. The van der Waals surface area contributed by atoms with Gasteiger partial charge in [0, 0.05) is 18.2 Å². The molecule has 0 spiro atoms. The van der Waals surface area contributed by atoms with Crippen molar-refractivity contribution in [2.45, 2.75) is 32.2 Å². The van der Waals surface area contributed by atoms with E-state index in [9.17, 15) is 0 Å². The van der Waals surface area contributed by atoms with E-state index in [4.69, 9.17) is 4.42 Å². The number of nitrogens with zero attached hydrogens (tertiary/aromatic N) is 1. The normalized spacial score (nSPS) is 14.5. The van der Waals surface area contributed by atoms with Crippen LogP contribution in [0.15, 0.2) is 46.9 Å². The van der Waals surface area contributed by atoms with Crippen molar-refractivity contribution >= 4 is 16.8 Å². The first kappa shape index (κ1) is 12.5. The lowest BCUT2D eigenvalue weighted by Crippen LogP contribution is -2.19. The summed E-state index contributed by atoms with van der Waals surface area (Å²) in [5.74, 6) is 0.801. The van der Waals surface area contributed by atoms with Crippen LogP contribution in [0.1, 0.15) is 23.9 Å². The maximum atomic E-state index is 5.65. The Bertz CT molecular complexity index is 766. The zero-order valence-corrected chi connectivity index (χ0v) is 12.1. The molecule has 3 aromatic rings. The van der Waals surface area contributed by atoms with E-state index in [-0.39, 0.29) is 0 Å². The minimum absolute atomic E-state index is 0.470. The van der Waals surface area contributed by atoms with E-state index >= 15 is 0 Å². The van der Waals surface area contributed by atoms with Gasteiger partial charge in [0.2, 0.25) is 0 Å². The molecule has 1 aromatic heterocycles. The Morgan fingerprint density at radius 1 is 1.14 bits per heavy atom. The summed E-state index contributed by atoms with van der Waals surface area (Å²) in [6.07, 6.45) is 3.01. The number of aryl methyl sites for hydroxylation is 1. The van der Waals surface area contributed by atoms with Crippen LogP contribution in [0.4, 0.5) is 5.69 Å². The quantitative estimate of drug-likeness (QED) is 0.787. The molecule has 4 rings (SSSR count). The molecule has 2 aromatic carbocycles. The minimum Gasteiger partial charge on any atom is -0.441 e. The van der Waals surface area contributed by atoms with Gasteiger partial charge in [-0.15, -0.1) is 0 Å². The molecule has 0 saturated carbocycles. The summed E-state index contributed by atoms with van der Waals surface area (Å²) in [5, 5.41) is 3.63. The molecule has 0 fully saturated rings. The van der Waals surface area contributed by atoms with Crippen LogP contribution in [0.25, 0.3) is 11.1 Å². The average Bonchev–Trinajstić information content (AvgIpc) is 3.09. The van der Waals surface area contributed by atoms with E-state index < -0.39 is 0 Å². The summed E-state index contributed by atoms with van der Waals surface area (Å²) in [4.78, 5) is 4.50. The lowest BCUT2D eigenvalue weighted by Gasteiger charge is -2.13. The van der Waals surface area contributed by atoms with Gasteiger partial charge in [0.25, 0.3) is 0 Å². The fraction of sp³-hybridized carbons (Fsp3) is 0.278. The molecule has 0 unspecified atom stereocenters. The van der Waals surface area contributed by atoms with Crippen molar-refractivity contribution in [3.63, 3.8) is 0 Å². The van der Waals surface area contributed by atoms with Crippen LogP contribution in [0.5, 0.6) is 0 Å². The first-order chi connectivity index (χ1) is 10.3. The highest BCUT2D eigenvalue weighted by Gasteiger charge is 2.20. The summed E-state index contributed by atoms with van der Waals surface area (Å²) >= 11 is 0. The first-order valence-corrected chi connectivity index (χ1v) is 7.54. The highest BCUT2D eigenvalue weighted by molar-refractivity contribution is 5.77. The van der Waals surface area contributed by atoms with E-state index in [1.165, 1.54) is 11.1 Å². The Hall–Kier alpha value is -2.29. The molecular formula is C18H18N2O. The van der Waals surface area contributed by atoms with Crippen molar-refractivity contribution < 1.29 is 4.42 Å². The molecular weight excluding hydrogens is 260 g/mol. The Morgan fingerprint density at radius 2 is 1.90 bits per heavy atom. The molecule has 21 heavy (non-hydrogen) atoms. The monoisotopic (exact) mass is 278 g/mol. The van der Waals surface area contributed by atoms with E-state index in [1.54, 1.807) is 0 Å². The maximum Gasteiger partial charge on any atom is 0.195 e. The van der Waals surface area contributed by atoms with Crippen LogP contribution in [-0.2, 0) is 19.3 Å². The Morgan fingerprint density at radius 3 is 2.62 bits per heavy atom. The number of benzene rings is 2. The molecule has 1 aliphatic rings. The van der Waals surface area contributed by atoms with E-state index in [2.05, 4.69) is 53.6 Å². The molecule has 3 heteroatoms. The van der Waals surface area contributed by atoms with Gasteiger partial charge < -0.3 is 9.73 Å². The second kappa shape index (κ2) is 4.92. The van der Waals surface area contributed by atoms with Gasteiger partial charge in [-0.2, -0.15) is 0 Å². The van der Waals surface area contributed by atoms with E-state index in [0.717, 1.165) is 41.9 Å². The van der Waals surface area contributed by atoms with Crippen LogP contribution in [0, 0.1) is 0 Å². The van der Waals surface area contributed by atoms with Crippen LogP contribution >= 0.6 is 0 Å². The Labute approximate surface area is 124 Å². The van der Waals surface area contributed by atoms with Gasteiger partial charge in [-0.1, -0.05) is 31.2 Å². The van der Waals surface area contributed by atoms with Gasteiger partial charge in [0.15, 0.2) is 11.5 Å². The van der Waals surface area contributed by atoms with Crippen LogP contribution in [0.2, 0.25) is 0 Å². The smallest absolute Gasteiger partial charge is 0.195 e. The molecule has 0 atom stereocenters. The molecule has 3 nitrogen and oxygen atoms in total. The van der Waals surface area contributed by atoms with Gasteiger partial charge in [-0.05, 0) is 42.2 Å². The number of hydrogen-bond donors (Lipinski definition) is 1. The zero-order chi connectivity index (χ0) is 14.2. The maximum absolute atomic E-state index is 5.65. The number of aromatic nitrogens is 1. The van der Waals surface area contributed by atoms with Crippen molar-refractivity contribution in [1.82, 2.24) is 4.98 Å². The summed E-state index contributed by atoms with van der Waals surface area (Å²) in [7, 11) is 0. The first-order valence-electron chi connectivity index (χ1n) is 7.54. The Balaban J connectivity index is 1.55. The summed E-state index contributed by atoms with van der Waals surface area (Å²) in [6, 6.07) is 15.3. The molecule has 1 N–H and O–H groups in total. The van der Waals surface area contributed by atoms with Gasteiger partial charge in [-0.25, -0.2) is 4.98 Å². The molecule has 0 aliphatic heterocycles. The van der Waals surface area contributed by atoms with Gasteiger partial charge >= 0.3 is 0 Å². The fourth-order valence-electron chi connectivity index (χ4n) is 3.11. The molecule has 0 saturated heterocycles. The highest BCUT2D eigenvalue weighted by atomic mass is 16.3. The zero-order valence-electron chi connectivity index (χ0n) is 12.1. The predicted octanol–water partition coefficient (Wildman–Crippen LogP) is 3.97. The molecule has 1 heterocycles. The summed E-state index contributed by atoms with van der Waals surface area (Å²) in [6.45, 7) is 2.06. The summed E-state index contributed by atoms with van der Waals surface area (Å²) < 4.78 is 5.65. The lowest BCUT2D eigenvalue weighted by molar-refractivity contribution is 0.538. The highest BCUT2D eigenvalue weighted by Crippen LogP contribution is 2.26. The average molecular weight is 278 g/mol. The number of fused-ring (bicyclic) bond motifs is 2. The van der Waals surface area contributed by atoms with Crippen molar-refractivity contribution in [1.29, 1.82) is 0 Å². The third kappa shape index (κ3) is 2.29. The number of rotatable bonds is 3. The van der Waals surface area contributed by atoms with Crippen LogP contribution in [0.3, 0.4) is 0 Å². The van der Waals surface area contributed by atoms with Crippen LogP contribution in [-0.4, -0.2) is 11.0 Å². The van der Waals surface area contributed by atoms with Crippen molar-refractivity contribution in [3.05, 3.63) is 59.5 Å². The number of hydrogen-bond acceptors (Lipinski definition) is 3. The number of oxazole rings is 1. The van der Waals surface area contributed by atoms with Crippen molar-refractivity contribution in [2.75, 3.05) is 5.32 Å². The standard InChI is InChI=1S/C18H18N2O/c1-2-18-20-16-11-14(7-8-17(16)21-18)19-15-9-12-5-3-4-6-13(12)10-15/h3-8,11,15,19H,2,9-10H2,1H3. The van der Waals surface area contributed by atoms with E-state index in [1.807, 2.05) is 6.07 Å². The SMILES string of the molecule is CCc1nc2cc(NC3Cc4ccccc4C3)ccc2o1. The molecule has 0 radical (unpaired) electrons. The second-order valence-corrected chi connectivity index (χ2v) is 5.66. The van der Waals surface area contributed by atoms with Gasteiger partial charge in [0.1, 0.15) is 5.52 Å². The summed E-state index contributed by atoms with van der Waals surface area (Å²) in [5.41, 5.74) is 5.85. The van der Waals surface area contributed by atoms with Crippen molar-refractivity contribution in [2.24, 2.45) is 0 Å². The minimum atomic E-state index is 0.470. The number of anilines is 1. The topological polar surface area (TPSA) is 38.1 Å². The van der Waals surface area contributed by atoms with Crippen molar-refractivity contribution in [3.8, 4) is 0 Å². The largest absolute Gasteiger partial charge is 0.441 e. The Kier molecular flexibility index (Phi) is 2.92. The third-order valence-electron chi connectivity index (χ3n) is 4.16. The fourth-order valence-corrected chi connectivity index (χ4v) is 3.11. The number of nitrogens with one attached hydrogen (secondary N) is 1. The molecule has 0 bridgehead atoms.